The highest BCUT2D eigenvalue weighted by molar-refractivity contribution is 6.34. The van der Waals surface area contributed by atoms with E-state index < -0.39 is 17.2 Å². The molecule has 45 heavy (non-hydrogen) atoms. The summed E-state index contributed by atoms with van der Waals surface area (Å²) in [6.07, 6.45) is 6.26. The largest absolute Gasteiger partial charge is 0.493 e. The smallest absolute Gasteiger partial charge is 0.341 e. The molecule has 3 fully saturated rings. The predicted molar refractivity (Wildman–Crippen MR) is 168 cm³/mol. The number of carboxylic acids is 1. The van der Waals surface area contributed by atoms with Gasteiger partial charge in [0.2, 0.25) is 11.2 Å². The van der Waals surface area contributed by atoms with E-state index in [-0.39, 0.29) is 41.3 Å². The van der Waals surface area contributed by atoms with Crippen LogP contribution in [0.5, 0.6) is 11.6 Å². The molecule has 3 aliphatic rings. The van der Waals surface area contributed by atoms with E-state index >= 15 is 0 Å². The minimum atomic E-state index is -1.33. The van der Waals surface area contributed by atoms with Crippen LogP contribution in [0, 0.1) is 11.7 Å². The number of methoxy groups -OCH3 is 1. The molecular formula is C32H32ClFN6O5. The average molecular weight is 635 g/mol. The Balaban J connectivity index is 1.25. The second-order valence-electron chi connectivity index (χ2n) is 12.1. The Morgan fingerprint density at radius 2 is 1.98 bits per heavy atom. The third-order valence-electron chi connectivity index (χ3n) is 9.17. The van der Waals surface area contributed by atoms with Gasteiger partial charge >= 0.3 is 5.97 Å². The topological polar surface area (TPSA) is 113 Å². The number of hydrogen-bond acceptors (Lipinski definition) is 9. The van der Waals surface area contributed by atoms with E-state index in [0.717, 1.165) is 31.7 Å². The first-order valence-electron chi connectivity index (χ1n) is 14.7. The average Bonchev–Trinajstić information content (AvgIpc) is 3.66. The first-order chi connectivity index (χ1) is 21.6. The zero-order valence-corrected chi connectivity index (χ0v) is 25.7. The lowest BCUT2D eigenvalue weighted by atomic mass is 10.1. The van der Waals surface area contributed by atoms with Crippen LogP contribution >= 0.6 is 11.6 Å². The van der Waals surface area contributed by atoms with Gasteiger partial charge in [0.15, 0.2) is 5.75 Å². The summed E-state index contributed by atoms with van der Waals surface area (Å²) in [4.78, 5) is 40.6. The standard InChI is InChI=1S/C32H32ClFN6O5/c1-37(2)20-13-38(14-20)28-5-4-18(12-36-28)39-15-22(32(42)43)30(41)21-10-23(33)26(11-25(21)39)40-19(8-17-9-24(17)40)16-45-31-29(34)27(44-3)6-7-35-31/h4-7,10-12,15,17,19-20,24H,8-9,13-14,16H2,1-3H3,(H,42,43)/t17-,19+,24+/m0/s1. The normalized spacial score (nSPS) is 20.8. The van der Waals surface area contributed by atoms with Gasteiger partial charge in [-0.05, 0) is 57.1 Å². The van der Waals surface area contributed by atoms with Crippen LogP contribution in [0.4, 0.5) is 15.9 Å². The van der Waals surface area contributed by atoms with Gasteiger partial charge in [-0.15, -0.1) is 0 Å². The summed E-state index contributed by atoms with van der Waals surface area (Å²) in [5.74, 6) is -0.815. The number of nitrogens with zero attached hydrogens (tertiary/aromatic N) is 6. The fourth-order valence-corrected chi connectivity index (χ4v) is 6.76. The van der Waals surface area contributed by atoms with E-state index in [0.29, 0.717) is 33.9 Å². The summed E-state index contributed by atoms with van der Waals surface area (Å²) in [6.45, 7) is 1.91. The van der Waals surface area contributed by atoms with Crippen molar-refractivity contribution in [3.63, 3.8) is 0 Å². The Labute approximate surface area is 263 Å². The quantitative estimate of drug-likeness (QED) is 0.289. The van der Waals surface area contributed by atoms with Gasteiger partial charge in [0.05, 0.1) is 41.3 Å². The van der Waals surface area contributed by atoms with Gasteiger partial charge in [0.1, 0.15) is 18.0 Å². The van der Waals surface area contributed by atoms with Crippen LogP contribution in [0.25, 0.3) is 16.6 Å². The number of anilines is 2. The number of likely N-dealkylation sites (N-methyl/N-ethyl adjacent to an activating group) is 1. The maximum Gasteiger partial charge on any atom is 0.341 e. The summed E-state index contributed by atoms with van der Waals surface area (Å²) in [7, 11) is 5.49. The summed E-state index contributed by atoms with van der Waals surface area (Å²) < 4.78 is 27.3. The molecule has 7 rings (SSSR count). The molecular weight excluding hydrogens is 603 g/mol. The molecule has 11 nitrogen and oxygen atoms in total. The van der Waals surface area contributed by atoms with E-state index in [1.807, 2.05) is 18.2 Å². The Morgan fingerprint density at radius 3 is 2.67 bits per heavy atom. The number of halogens is 2. The number of piperidine rings is 1. The van der Waals surface area contributed by atoms with Crippen LogP contribution in [-0.2, 0) is 0 Å². The number of aromatic nitrogens is 3. The molecule has 4 aromatic rings. The Bertz CT molecular complexity index is 1860. The van der Waals surface area contributed by atoms with Crippen molar-refractivity contribution < 1.29 is 23.8 Å². The predicted octanol–water partition coefficient (Wildman–Crippen LogP) is 4.08. The Hall–Kier alpha value is -4.42. The van der Waals surface area contributed by atoms with Gasteiger partial charge in [-0.25, -0.2) is 14.8 Å². The number of carboxylic acid groups (broad SMARTS) is 1. The van der Waals surface area contributed by atoms with Crippen molar-refractivity contribution >= 4 is 40.0 Å². The lowest BCUT2D eigenvalue weighted by Gasteiger charge is -2.43. The second-order valence-corrected chi connectivity index (χ2v) is 12.5. The number of carbonyl (C=O) groups is 1. The zero-order valence-electron chi connectivity index (χ0n) is 25.0. The monoisotopic (exact) mass is 634 g/mol. The third kappa shape index (κ3) is 5.11. The second kappa shape index (κ2) is 11.2. The molecule has 5 heterocycles. The molecule has 3 atom stereocenters. The van der Waals surface area contributed by atoms with Crippen molar-refractivity contribution in [1.29, 1.82) is 0 Å². The van der Waals surface area contributed by atoms with Crippen molar-refractivity contribution in [3.05, 3.63) is 75.5 Å². The summed E-state index contributed by atoms with van der Waals surface area (Å²) in [5.41, 5.74) is 0.814. The molecule has 0 unspecified atom stereocenters. The fraction of sp³-hybridized carbons (Fsp3) is 0.375. The number of aromatic carboxylic acids is 1. The molecule has 1 aromatic carbocycles. The van der Waals surface area contributed by atoms with Gasteiger partial charge < -0.3 is 33.8 Å². The van der Waals surface area contributed by atoms with Crippen molar-refractivity contribution in [2.75, 3.05) is 50.7 Å². The van der Waals surface area contributed by atoms with Crippen molar-refractivity contribution in [2.24, 2.45) is 5.92 Å². The SMILES string of the molecule is COc1ccnc(OC[C@H]2C[C@H]3C[C@H]3N2c2cc3c(cc2Cl)c(=O)c(C(=O)O)cn3-c2ccc(N3CC(N(C)C)C3)nc2)c1F. The Morgan fingerprint density at radius 1 is 1.18 bits per heavy atom. The number of benzene rings is 1. The maximum atomic E-state index is 14.7. The lowest BCUT2D eigenvalue weighted by molar-refractivity contribution is 0.0695. The molecule has 13 heteroatoms. The molecule has 2 aliphatic heterocycles. The molecule has 0 bridgehead atoms. The molecule has 234 valence electrons. The lowest BCUT2D eigenvalue weighted by Crippen LogP contribution is -2.57. The first kappa shape index (κ1) is 29.3. The molecule has 1 saturated carbocycles. The van der Waals surface area contributed by atoms with Gasteiger partial charge in [-0.2, -0.15) is 4.39 Å². The van der Waals surface area contributed by atoms with Crippen molar-refractivity contribution in [3.8, 4) is 17.3 Å². The number of hydrogen-bond donors (Lipinski definition) is 1. The maximum absolute atomic E-state index is 14.7. The summed E-state index contributed by atoms with van der Waals surface area (Å²) in [5, 5.41) is 10.4. The van der Waals surface area contributed by atoms with E-state index in [9.17, 15) is 19.1 Å². The van der Waals surface area contributed by atoms with Crippen LogP contribution in [0.3, 0.4) is 0 Å². The number of pyridine rings is 3. The van der Waals surface area contributed by atoms with E-state index in [4.69, 9.17) is 21.1 Å². The van der Waals surface area contributed by atoms with Crippen LogP contribution in [0.2, 0.25) is 5.02 Å². The van der Waals surface area contributed by atoms with Gasteiger partial charge in [0.25, 0.3) is 5.88 Å². The molecule has 0 radical (unpaired) electrons. The van der Waals surface area contributed by atoms with E-state index in [1.165, 1.54) is 31.6 Å². The highest BCUT2D eigenvalue weighted by Crippen LogP contribution is 2.51. The number of fused-ring (bicyclic) bond motifs is 2. The van der Waals surface area contributed by atoms with E-state index in [1.54, 1.807) is 10.8 Å². The van der Waals surface area contributed by atoms with E-state index in [2.05, 4.69) is 38.8 Å². The third-order valence-corrected chi connectivity index (χ3v) is 9.48. The fourth-order valence-electron chi connectivity index (χ4n) is 6.50. The highest BCUT2D eigenvalue weighted by atomic mass is 35.5. The Kier molecular flexibility index (Phi) is 7.28. The van der Waals surface area contributed by atoms with Gasteiger partial charge in [-0.3, -0.25) is 4.79 Å². The van der Waals surface area contributed by atoms with Crippen LogP contribution < -0.4 is 24.7 Å². The molecule has 1 N–H and O–H groups in total. The van der Waals surface area contributed by atoms with Crippen LogP contribution in [0.1, 0.15) is 23.2 Å². The number of ether oxygens (including phenoxy) is 2. The van der Waals surface area contributed by atoms with Gasteiger partial charge in [0, 0.05) is 49.0 Å². The summed E-state index contributed by atoms with van der Waals surface area (Å²) in [6, 6.07) is 9.12. The summed E-state index contributed by atoms with van der Waals surface area (Å²) >= 11 is 6.84. The van der Waals surface area contributed by atoms with Crippen LogP contribution in [0.15, 0.2) is 53.7 Å². The van der Waals surface area contributed by atoms with Gasteiger partial charge in [-0.1, -0.05) is 11.6 Å². The number of rotatable bonds is 9. The minimum Gasteiger partial charge on any atom is -0.493 e. The molecule has 1 aliphatic carbocycles. The van der Waals surface area contributed by atoms with Crippen molar-refractivity contribution in [1.82, 2.24) is 19.4 Å². The molecule has 2 saturated heterocycles. The molecule has 3 aromatic heterocycles. The molecule has 0 amide bonds. The van der Waals surface area contributed by atoms with Crippen LogP contribution in [-0.4, -0.2) is 89.5 Å². The molecule has 0 spiro atoms. The van der Waals surface area contributed by atoms with Crippen molar-refractivity contribution in [2.45, 2.75) is 31.0 Å². The zero-order chi connectivity index (χ0) is 31.6. The minimum absolute atomic E-state index is 0.0487. The first-order valence-corrected chi connectivity index (χ1v) is 15.1. The highest BCUT2D eigenvalue weighted by Gasteiger charge is 2.52.